The van der Waals surface area contributed by atoms with Crippen LogP contribution in [0.5, 0.6) is 0 Å². The third-order valence-electron chi connectivity index (χ3n) is 3.38. The van der Waals surface area contributed by atoms with Gasteiger partial charge in [0.05, 0.1) is 25.0 Å². The lowest BCUT2D eigenvalue weighted by Crippen LogP contribution is -2.43. The Balaban J connectivity index is 1.87. The number of aromatic nitrogens is 4. The van der Waals surface area contributed by atoms with E-state index < -0.39 is 0 Å². The molecule has 1 saturated heterocycles. The zero-order valence-corrected chi connectivity index (χ0v) is 11.5. The largest absolute Gasteiger partial charge is 0.377 e. The Labute approximate surface area is 116 Å². The Bertz CT molecular complexity index is 618. The maximum atomic E-state index is 12.6. The van der Waals surface area contributed by atoms with Crippen molar-refractivity contribution < 1.29 is 9.53 Å². The Morgan fingerprint density at radius 1 is 1.50 bits per heavy atom. The quantitative estimate of drug-likeness (QED) is 0.873. The molecule has 3 rings (SSSR count). The molecule has 1 unspecified atom stereocenters. The minimum Gasteiger partial charge on any atom is -0.377 e. The number of rotatable bonds is 2. The summed E-state index contributed by atoms with van der Waals surface area (Å²) in [4.78, 5) is 21.9. The number of imidazole rings is 1. The standard InChI is InChI=1S/C13H17N5O2/c1-9-5-14-12(16-9)11-8-20-4-3-18(11)13(19)10-6-15-17(2)7-10/h5-7,11H,3-4,8H2,1-2H3,(H,14,16). The summed E-state index contributed by atoms with van der Waals surface area (Å²) in [6.07, 6.45) is 5.07. The highest BCUT2D eigenvalue weighted by Gasteiger charge is 2.31. The molecule has 7 nitrogen and oxygen atoms in total. The molecule has 0 saturated carbocycles. The number of aryl methyl sites for hydroxylation is 2. The molecular formula is C13H17N5O2. The van der Waals surface area contributed by atoms with Crippen LogP contribution in [0, 0.1) is 6.92 Å². The topological polar surface area (TPSA) is 76.0 Å². The van der Waals surface area contributed by atoms with Crippen LogP contribution in [-0.2, 0) is 11.8 Å². The first-order valence-electron chi connectivity index (χ1n) is 6.54. The average molecular weight is 275 g/mol. The fourth-order valence-corrected chi connectivity index (χ4v) is 2.37. The lowest BCUT2D eigenvalue weighted by Gasteiger charge is -2.34. The van der Waals surface area contributed by atoms with Crippen molar-refractivity contribution in [2.75, 3.05) is 19.8 Å². The molecule has 2 aromatic rings. The number of carbonyl (C=O) groups excluding carboxylic acids is 1. The van der Waals surface area contributed by atoms with Gasteiger partial charge in [-0.1, -0.05) is 0 Å². The van der Waals surface area contributed by atoms with Gasteiger partial charge in [-0.25, -0.2) is 4.98 Å². The van der Waals surface area contributed by atoms with Crippen molar-refractivity contribution >= 4 is 5.91 Å². The van der Waals surface area contributed by atoms with Gasteiger partial charge in [-0.15, -0.1) is 0 Å². The van der Waals surface area contributed by atoms with Crippen LogP contribution in [0.4, 0.5) is 0 Å². The van der Waals surface area contributed by atoms with E-state index in [1.54, 1.807) is 35.2 Å². The van der Waals surface area contributed by atoms with Gasteiger partial charge in [0, 0.05) is 31.7 Å². The summed E-state index contributed by atoms with van der Waals surface area (Å²) < 4.78 is 7.12. The van der Waals surface area contributed by atoms with E-state index in [9.17, 15) is 4.79 Å². The molecule has 2 aromatic heterocycles. The summed E-state index contributed by atoms with van der Waals surface area (Å²) in [5, 5.41) is 4.05. The van der Waals surface area contributed by atoms with Gasteiger partial charge in [0.25, 0.3) is 5.91 Å². The van der Waals surface area contributed by atoms with E-state index in [-0.39, 0.29) is 11.9 Å². The van der Waals surface area contributed by atoms with Gasteiger partial charge in [0.2, 0.25) is 0 Å². The summed E-state index contributed by atoms with van der Waals surface area (Å²) in [5.41, 5.74) is 1.56. The van der Waals surface area contributed by atoms with Gasteiger partial charge in [-0.05, 0) is 6.92 Å². The predicted octanol–water partition coefficient (Wildman–Crippen LogP) is 0.665. The van der Waals surface area contributed by atoms with Crippen LogP contribution >= 0.6 is 0 Å². The first-order valence-corrected chi connectivity index (χ1v) is 6.54. The highest BCUT2D eigenvalue weighted by molar-refractivity contribution is 5.94. The summed E-state index contributed by atoms with van der Waals surface area (Å²) >= 11 is 0. The zero-order chi connectivity index (χ0) is 14.1. The van der Waals surface area contributed by atoms with Gasteiger partial charge >= 0.3 is 0 Å². The second-order valence-corrected chi connectivity index (χ2v) is 4.94. The maximum absolute atomic E-state index is 12.6. The lowest BCUT2D eigenvalue weighted by molar-refractivity contribution is -0.00501. The number of nitrogens with one attached hydrogen (secondary N) is 1. The molecule has 0 aliphatic carbocycles. The molecule has 3 heterocycles. The molecule has 1 aliphatic rings. The molecule has 20 heavy (non-hydrogen) atoms. The van der Waals surface area contributed by atoms with Crippen LogP contribution in [0.1, 0.15) is 27.9 Å². The van der Waals surface area contributed by atoms with Crippen LogP contribution in [0.2, 0.25) is 0 Å². The first kappa shape index (κ1) is 12.9. The van der Waals surface area contributed by atoms with E-state index in [2.05, 4.69) is 15.1 Å². The van der Waals surface area contributed by atoms with Crippen LogP contribution in [0.15, 0.2) is 18.6 Å². The van der Waals surface area contributed by atoms with Crippen molar-refractivity contribution in [3.05, 3.63) is 35.7 Å². The number of morpholine rings is 1. The van der Waals surface area contributed by atoms with E-state index in [1.165, 1.54) is 0 Å². The molecule has 0 radical (unpaired) electrons. The Hall–Kier alpha value is -2.15. The number of H-pyrrole nitrogens is 1. The summed E-state index contributed by atoms with van der Waals surface area (Å²) in [7, 11) is 1.80. The molecule has 0 bridgehead atoms. The monoisotopic (exact) mass is 275 g/mol. The Morgan fingerprint density at radius 3 is 3.00 bits per heavy atom. The van der Waals surface area contributed by atoms with E-state index in [0.717, 1.165) is 11.5 Å². The number of nitrogens with zero attached hydrogens (tertiary/aromatic N) is 4. The molecule has 0 aromatic carbocycles. The summed E-state index contributed by atoms with van der Waals surface area (Å²) in [5.74, 6) is 0.722. The molecule has 7 heteroatoms. The molecule has 1 N–H and O–H groups in total. The molecular weight excluding hydrogens is 258 g/mol. The second kappa shape index (κ2) is 5.09. The average Bonchev–Trinajstić information content (AvgIpc) is 3.07. The first-order chi connectivity index (χ1) is 9.65. The fourth-order valence-electron chi connectivity index (χ4n) is 2.37. The minimum atomic E-state index is -0.176. The van der Waals surface area contributed by atoms with Gasteiger partial charge in [0.15, 0.2) is 0 Å². The fraction of sp³-hybridized carbons (Fsp3) is 0.462. The SMILES string of the molecule is Cc1cnc(C2COCCN2C(=O)c2cnn(C)c2)[nH]1. The Morgan fingerprint density at radius 2 is 2.35 bits per heavy atom. The van der Waals surface area contributed by atoms with Crippen LogP contribution < -0.4 is 0 Å². The molecule has 1 amide bonds. The van der Waals surface area contributed by atoms with E-state index in [1.807, 2.05) is 6.92 Å². The predicted molar refractivity (Wildman–Crippen MR) is 71.1 cm³/mol. The van der Waals surface area contributed by atoms with Gasteiger partial charge < -0.3 is 14.6 Å². The van der Waals surface area contributed by atoms with Gasteiger partial charge in [0.1, 0.15) is 11.9 Å². The van der Waals surface area contributed by atoms with E-state index in [4.69, 9.17) is 4.74 Å². The maximum Gasteiger partial charge on any atom is 0.257 e. The molecule has 106 valence electrons. The van der Waals surface area contributed by atoms with Crippen molar-refractivity contribution in [3.8, 4) is 0 Å². The normalized spacial score (nSPS) is 19.3. The van der Waals surface area contributed by atoms with E-state index >= 15 is 0 Å². The lowest BCUT2D eigenvalue weighted by atomic mass is 10.2. The third-order valence-corrected chi connectivity index (χ3v) is 3.38. The van der Waals surface area contributed by atoms with Crippen molar-refractivity contribution in [1.29, 1.82) is 0 Å². The van der Waals surface area contributed by atoms with Crippen LogP contribution in [-0.4, -0.2) is 50.3 Å². The molecule has 1 aliphatic heterocycles. The minimum absolute atomic E-state index is 0.0412. The molecule has 1 fully saturated rings. The number of ether oxygens (including phenoxy) is 1. The summed E-state index contributed by atoms with van der Waals surface area (Å²) in [6.45, 7) is 3.49. The van der Waals surface area contributed by atoms with Crippen LogP contribution in [0.3, 0.4) is 0 Å². The zero-order valence-electron chi connectivity index (χ0n) is 11.5. The third kappa shape index (κ3) is 2.32. The highest BCUT2D eigenvalue weighted by atomic mass is 16.5. The van der Waals surface area contributed by atoms with Crippen molar-refractivity contribution in [2.45, 2.75) is 13.0 Å². The van der Waals surface area contributed by atoms with Crippen LogP contribution in [0.25, 0.3) is 0 Å². The number of carbonyl (C=O) groups is 1. The summed E-state index contributed by atoms with van der Waals surface area (Å²) in [6, 6.07) is -0.176. The smallest absolute Gasteiger partial charge is 0.257 e. The second-order valence-electron chi connectivity index (χ2n) is 4.94. The highest BCUT2D eigenvalue weighted by Crippen LogP contribution is 2.23. The van der Waals surface area contributed by atoms with Gasteiger partial charge in [-0.3, -0.25) is 9.48 Å². The van der Waals surface area contributed by atoms with Crippen molar-refractivity contribution in [1.82, 2.24) is 24.6 Å². The Kier molecular flexibility index (Phi) is 3.27. The van der Waals surface area contributed by atoms with E-state index in [0.29, 0.717) is 25.3 Å². The van der Waals surface area contributed by atoms with Crippen molar-refractivity contribution in [3.63, 3.8) is 0 Å². The van der Waals surface area contributed by atoms with Crippen molar-refractivity contribution in [2.24, 2.45) is 7.05 Å². The number of hydrogen-bond acceptors (Lipinski definition) is 4. The molecule has 0 spiro atoms. The number of aromatic amines is 1. The number of hydrogen-bond donors (Lipinski definition) is 1. The van der Waals surface area contributed by atoms with Gasteiger partial charge in [-0.2, -0.15) is 5.10 Å². The molecule has 1 atom stereocenters. The number of amides is 1.